The van der Waals surface area contributed by atoms with Crippen LogP contribution in [0.1, 0.15) is 17.5 Å². The molecule has 0 bridgehead atoms. The van der Waals surface area contributed by atoms with Gasteiger partial charge in [-0.15, -0.1) is 0 Å². The van der Waals surface area contributed by atoms with E-state index >= 15 is 0 Å². The Morgan fingerprint density at radius 3 is 2.89 bits per heavy atom. The predicted octanol–water partition coefficient (Wildman–Crippen LogP) is 1.53. The predicted molar refractivity (Wildman–Crippen MR) is 72.8 cm³/mol. The topological polar surface area (TPSA) is 47.6 Å². The van der Waals surface area contributed by atoms with Gasteiger partial charge in [-0.25, -0.2) is 0 Å². The Bertz CT molecular complexity index is 414. The van der Waals surface area contributed by atoms with Crippen molar-refractivity contribution in [3.05, 3.63) is 35.4 Å². The first kappa shape index (κ1) is 14.0. The summed E-state index contributed by atoms with van der Waals surface area (Å²) in [6.07, 6.45) is 1.47. The van der Waals surface area contributed by atoms with Crippen molar-refractivity contribution in [1.29, 1.82) is 0 Å². The molecule has 4 heteroatoms. The highest BCUT2D eigenvalue weighted by atomic mass is 16.5. The first-order chi connectivity index (χ1) is 9.29. The van der Waals surface area contributed by atoms with Crippen LogP contribution < -0.4 is 5.32 Å². The number of nitrogens with one attached hydrogen (secondary N) is 1. The molecule has 4 nitrogen and oxygen atoms in total. The van der Waals surface area contributed by atoms with Crippen molar-refractivity contribution in [3.8, 4) is 0 Å². The second-order valence-electron chi connectivity index (χ2n) is 4.88. The zero-order valence-corrected chi connectivity index (χ0v) is 11.4. The molecule has 0 aliphatic carbocycles. The summed E-state index contributed by atoms with van der Waals surface area (Å²) in [5.41, 5.74) is 2.19. The van der Waals surface area contributed by atoms with Gasteiger partial charge in [-0.1, -0.05) is 24.3 Å². The molecule has 19 heavy (non-hydrogen) atoms. The number of carbonyl (C=O) groups is 1. The molecule has 104 valence electrons. The zero-order valence-electron chi connectivity index (χ0n) is 11.4. The van der Waals surface area contributed by atoms with Crippen molar-refractivity contribution in [2.75, 3.05) is 26.9 Å². The van der Waals surface area contributed by atoms with Crippen molar-refractivity contribution < 1.29 is 14.3 Å². The van der Waals surface area contributed by atoms with E-state index in [0.717, 1.165) is 43.9 Å². The Balaban J connectivity index is 1.86. The van der Waals surface area contributed by atoms with Crippen LogP contribution in [0.4, 0.5) is 0 Å². The number of esters is 1. The SMILES string of the molecule is COC(=O)Cc1ccccc1CNCC1CCOC1. The van der Waals surface area contributed by atoms with Crippen LogP contribution in [-0.2, 0) is 27.2 Å². The number of hydrogen-bond acceptors (Lipinski definition) is 4. The van der Waals surface area contributed by atoms with Crippen LogP contribution in [0.2, 0.25) is 0 Å². The molecule has 1 aliphatic heterocycles. The van der Waals surface area contributed by atoms with Crippen LogP contribution >= 0.6 is 0 Å². The molecule has 1 aromatic carbocycles. The van der Waals surface area contributed by atoms with E-state index in [1.807, 2.05) is 18.2 Å². The lowest BCUT2D eigenvalue weighted by Gasteiger charge is -2.12. The molecule has 0 radical (unpaired) electrons. The van der Waals surface area contributed by atoms with Gasteiger partial charge in [-0.3, -0.25) is 4.79 Å². The van der Waals surface area contributed by atoms with Crippen molar-refractivity contribution in [2.24, 2.45) is 5.92 Å². The fraction of sp³-hybridized carbons (Fsp3) is 0.533. The fourth-order valence-corrected chi connectivity index (χ4v) is 2.29. The highest BCUT2D eigenvalue weighted by Gasteiger charge is 2.15. The van der Waals surface area contributed by atoms with Gasteiger partial charge in [-0.05, 0) is 23.5 Å². The largest absolute Gasteiger partial charge is 0.469 e. The number of carbonyl (C=O) groups excluding carboxylic acids is 1. The minimum Gasteiger partial charge on any atom is -0.469 e. The van der Waals surface area contributed by atoms with Gasteiger partial charge in [0.05, 0.1) is 20.1 Å². The van der Waals surface area contributed by atoms with E-state index in [0.29, 0.717) is 12.3 Å². The molecule has 1 aromatic rings. The molecular formula is C15H21NO3. The summed E-state index contributed by atoms with van der Waals surface area (Å²) >= 11 is 0. The van der Waals surface area contributed by atoms with Crippen LogP contribution in [0.25, 0.3) is 0 Å². The molecule has 1 fully saturated rings. The molecule has 0 spiro atoms. The Labute approximate surface area is 114 Å². The summed E-state index contributed by atoms with van der Waals surface area (Å²) in [5, 5.41) is 3.44. The Morgan fingerprint density at radius 1 is 1.42 bits per heavy atom. The van der Waals surface area contributed by atoms with E-state index in [9.17, 15) is 4.79 Å². The second-order valence-corrected chi connectivity index (χ2v) is 4.88. The molecule has 1 N–H and O–H groups in total. The monoisotopic (exact) mass is 263 g/mol. The van der Waals surface area contributed by atoms with Crippen molar-refractivity contribution in [3.63, 3.8) is 0 Å². The van der Waals surface area contributed by atoms with Crippen molar-refractivity contribution >= 4 is 5.97 Å². The maximum absolute atomic E-state index is 11.4. The minimum absolute atomic E-state index is 0.198. The number of methoxy groups -OCH3 is 1. The number of rotatable bonds is 6. The summed E-state index contributed by atoms with van der Waals surface area (Å²) in [5.74, 6) is 0.421. The lowest BCUT2D eigenvalue weighted by Crippen LogP contribution is -2.23. The summed E-state index contributed by atoms with van der Waals surface area (Å²) in [4.78, 5) is 11.4. The molecule has 0 saturated carbocycles. The van der Waals surface area contributed by atoms with E-state index in [4.69, 9.17) is 9.47 Å². The molecule has 0 amide bonds. The average molecular weight is 263 g/mol. The van der Waals surface area contributed by atoms with Gasteiger partial charge in [0.25, 0.3) is 0 Å². The van der Waals surface area contributed by atoms with E-state index in [-0.39, 0.29) is 5.97 Å². The Kier molecular flexibility index (Phi) is 5.36. The molecule has 2 rings (SSSR count). The average Bonchev–Trinajstić information content (AvgIpc) is 2.94. The Hall–Kier alpha value is -1.39. The third-order valence-electron chi connectivity index (χ3n) is 3.45. The minimum atomic E-state index is -0.198. The van der Waals surface area contributed by atoms with Gasteiger partial charge < -0.3 is 14.8 Å². The smallest absolute Gasteiger partial charge is 0.309 e. The van der Waals surface area contributed by atoms with Crippen LogP contribution in [0, 0.1) is 5.92 Å². The van der Waals surface area contributed by atoms with Crippen molar-refractivity contribution in [2.45, 2.75) is 19.4 Å². The molecule has 1 saturated heterocycles. The maximum atomic E-state index is 11.4. The third-order valence-corrected chi connectivity index (χ3v) is 3.45. The quantitative estimate of drug-likeness (QED) is 0.791. The van der Waals surface area contributed by atoms with Gasteiger partial charge in [0, 0.05) is 19.7 Å². The highest BCUT2D eigenvalue weighted by molar-refractivity contribution is 5.72. The molecule has 0 aromatic heterocycles. The summed E-state index contributed by atoms with van der Waals surface area (Å²) in [6, 6.07) is 7.98. The van der Waals surface area contributed by atoms with Crippen LogP contribution in [0.5, 0.6) is 0 Å². The molecule has 1 atom stereocenters. The first-order valence-electron chi connectivity index (χ1n) is 6.71. The van der Waals surface area contributed by atoms with Gasteiger partial charge in [-0.2, -0.15) is 0 Å². The fourth-order valence-electron chi connectivity index (χ4n) is 2.29. The van der Waals surface area contributed by atoms with Crippen molar-refractivity contribution in [1.82, 2.24) is 5.32 Å². The Morgan fingerprint density at radius 2 is 2.21 bits per heavy atom. The maximum Gasteiger partial charge on any atom is 0.309 e. The summed E-state index contributed by atoms with van der Waals surface area (Å²) in [7, 11) is 1.42. The lowest BCUT2D eigenvalue weighted by molar-refractivity contribution is -0.139. The summed E-state index contributed by atoms with van der Waals surface area (Å²) in [6.45, 7) is 3.48. The highest BCUT2D eigenvalue weighted by Crippen LogP contribution is 2.13. The molecule has 1 heterocycles. The standard InChI is InChI=1S/C15H21NO3/c1-18-15(17)8-13-4-2-3-5-14(13)10-16-9-12-6-7-19-11-12/h2-5,12,16H,6-11H2,1H3. The zero-order chi connectivity index (χ0) is 13.5. The van der Waals surface area contributed by atoms with Gasteiger partial charge in [0.2, 0.25) is 0 Å². The first-order valence-corrected chi connectivity index (χ1v) is 6.71. The van der Waals surface area contributed by atoms with E-state index in [1.54, 1.807) is 0 Å². The summed E-state index contributed by atoms with van der Waals surface area (Å²) < 4.78 is 10.1. The molecule has 1 unspecified atom stereocenters. The number of ether oxygens (including phenoxy) is 2. The van der Waals surface area contributed by atoms with Gasteiger partial charge >= 0.3 is 5.97 Å². The van der Waals surface area contributed by atoms with Crippen LogP contribution in [0.15, 0.2) is 24.3 Å². The van der Waals surface area contributed by atoms with E-state index in [2.05, 4.69) is 11.4 Å². The van der Waals surface area contributed by atoms with Crippen LogP contribution in [0.3, 0.4) is 0 Å². The van der Waals surface area contributed by atoms with Gasteiger partial charge in [0.1, 0.15) is 0 Å². The van der Waals surface area contributed by atoms with Gasteiger partial charge in [0.15, 0.2) is 0 Å². The normalized spacial score (nSPS) is 18.5. The van der Waals surface area contributed by atoms with E-state index in [1.165, 1.54) is 7.11 Å². The number of benzene rings is 1. The van der Waals surface area contributed by atoms with Crippen LogP contribution in [-0.4, -0.2) is 32.8 Å². The molecule has 1 aliphatic rings. The second kappa shape index (κ2) is 7.26. The molecular weight excluding hydrogens is 242 g/mol. The lowest BCUT2D eigenvalue weighted by atomic mass is 10.0. The third kappa shape index (κ3) is 4.33. The number of hydrogen-bond donors (Lipinski definition) is 1. The van der Waals surface area contributed by atoms with E-state index < -0.39 is 0 Å².